The molecule has 2 atom stereocenters. The van der Waals surface area contributed by atoms with Crippen molar-refractivity contribution in [2.24, 2.45) is 5.41 Å². The van der Waals surface area contributed by atoms with E-state index in [0.29, 0.717) is 32.0 Å². The third-order valence-corrected chi connectivity index (χ3v) is 4.80. The number of carbonyl (C=O) groups is 1. The lowest BCUT2D eigenvalue weighted by Crippen LogP contribution is -2.51. The van der Waals surface area contributed by atoms with E-state index in [4.69, 9.17) is 9.26 Å². The van der Waals surface area contributed by atoms with Gasteiger partial charge in [0.15, 0.2) is 0 Å². The van der Waals surface area contributed by atoms with E-state index < -0.39 is 5.41 Å². The number of piperidine rings is 1. The Bertz CT molecular complexity index is 543. The van der Waals surface area contributed by atoms with Crippen LogP contribution in [0, 0.1) is 5.41 Å². The molecule has 2 N–H and O–H groups in total. The molecule has 2 saturated heterocycles. The van der Waals surface area contributed by atoms with Gasteiger partial charge in [0.1, 0.15) is 5.76 Å². The largest absolute Gasteiger partial charge is 0.381 e. The summed E-state index contributed by atoms with van der Waals surface area (Å²) in [5.74, 6) is 1.17. The molecule has 0 spiro atoms. The lowest BCUT2D eigenvalue weighted by atomic mass is 9.76. The molecule has 3 heterocycles. The number of hydrogen-bond acceptors (Lipinski definition) is 5. The van der Waals surface area contributed by atoms with Crippen molar-refractivity contribution in [1.29, 1.82) is 0 Å². The fourth-order valence-electron chi connectivity index (χ4n) is 3.45. The molecule has 2 aliphatic rings. The van der Waals surface area contributed by atoms with E-state index in [1.807, 2.05) is 6.07 Å². The summed E-state index contributed by atoms with van der Waals surface area (Å²) in [6, 6.07) is 2.00. The van der Waals surface area contributed by atoms with Gasteiger partial charge < -0.3 is 19.9 Å². The summed E-state index contributed by atoms with van der Waals surface area (Å²) in [7, 11) is 0. The molecule has 1 aromatic rings. The Morgan fingerprint density at radius 2 is 2.52 bits per heavy atom. The van der Waals surface area contributed by atoms with Crippen molar-refractivity contribution in [2.45, 2.75) is 31.6 Å². The second-order valence-corrected chi connectivity index (χ2v) is 6.51. The van der Waals surface area contributed by atoms with Crippen molar-refractivity contribution in [3.05, 3.63) is 30.2 Å². The fourth-order valence-corrected chi connectivity index (χ4v) is 3.45. The minimum absolute atomic E-state index is 0.0618. The Morgan fingerprint density at radius 1 is 1.61 bits per heavy atom. The van der Waals surface area contributed by atoms with E-state index in [9.17, 15) is 4.79 Å². The monoisotopic (exact) mass is 319 g/mol. The molecule has 1 aromatic heterocycles. The lowest BCUT2D eigenvalue weighted by Gasteiger charge is -2.35. The highest BCUT2D eigenvalue weighted by molar-refractivity contribution is 5.83. The summed E-state index contributed by atoms with van der Waals surface area (Å²) in [5.41, 5.74) is 0.479. The van der Waals surface area contributed by atoms with Crippen LogP contribution in [0.1, 0.15) is 36.6 Å². The topological polar surface area (TPSA) is 76.4 Å². The van der Waals surface area contributed by atoms with Gasteiger partial charge in [-0.3, -0.25) is 4.79 Å². The van der Waals surface area contributed by atoms with E-state index in [1.165, 1.54) is 0 Å². The van der Waals surface area contributed by atoms with Crippen LogP contribution in [-0.4, -0.2) is 43.9 Å². The highest BCUT2D eigenvalue weighted by Gasteiger charge is 2.40. The number of amides is 1. The Labute approximate surface area is 136 Å². The zero-order valence-electron chi connectivity index (χ0n) is 13.5. The molecule has 0 bridgehead atoms. The fraction of sp³-hybridized carbons (Fsp3) is 0.647. The van der Waals surface area contributed by atoms with E-state index >= 15 is 0 Å². The van der Waals surface area contributed by atoms with Crippen LogP contribution in [0.25, 0.3) is 0 Å². The summed E-state index contributed by atoms with van der Waals surface area (Å²) >= 11 is 0. The number of ether oxygens (including phenoxy) is 1. The SMILES string of the molecule is C=CCNC(=O)[C@]1(Cc2cc([C@@H]3CCOC3)no2)CCCNC1. The molecule has 6 heteroatoms. The van der Waals surface area contributed by atoms with E-state index in [-0.39, 0.29) is 5.91 Å². The van der Waals surface area contributed by atoms with E-state index in [2.05, 4.69) is 22.4 Å². The number of nitrogens with one attached hydrogen (secondary N) is 2. The molecular formula is C17H25N3O3. The van der Waals surface area contributed by atoms with Crippen molar-refractivity contribution in [3.63, 3.8) is 0 Å². The van der Waals surface area contributed by atoms with Crippen molar-refractivity contribution in [1.82, 2.24) is 15.8 Å². The number of hydrogen-bond donors (Lipinski definition) is 2. The van der Waals surface area contributed by atoms with E-state index in [1.54, 1.807) is 6.08 Å². The van der Waals surface area contributed by atoms with Crippen molar-refractivity contribution >= 4 is 5.91 Å². The predicted octanol–water partition coefficient (Wildman–Crippen LogP) is 1.39. The smallest absolute Gasteiger partial charge is 0.228 e. The predicted molar refractivity (Wildman–Crippen MR) is 86.1 cm³/mol. The Morgan fingerprint density at radius 3 is 3.22 bits per heavy atom. The van der Waals surface area contributed by atoms with Crippen LogP contribution >= 0.6 is 0 Å². The van der Waals surface area contributed by atoms with Gasteiger partial charge in [0.25, 0.3) is 0 Å². The van der Waals surface area contributed by atoms with Crippen molar-refractivity contribution in [2.75, 3.05) is 32.8 Å². The molecule has 0 saturated carbocycles. The number of nitrogens with zero attached hydrogens (tertiary/aromatic N) is 1. The lowest BCUT2D eigenvalue weighted by molar-refractivity contribution is -0.132. The van der Waals surface area contributed by atoms with Gasteiger partial charge in [-0.1, -0.05) is 11.2 Å². The Balaban J connectivity index is 1.72. The average molecular weight is 319 g/mol. The normalized spacial score (nSPS) is 27.7. The molecule has 0 unspecified atom stereocenters. The van der Waals surface area contributed by atoms with Gasteiger partial charge in [0, 0.05) is 38.1 Å². The maximum Gasteiger partial charge on any atom is 0.228 e. The summed E-state index contributed by atoms with van der Waals surface area (Å²) < 4.78 is 10.9. The minimum Gasteiger partial charge on any atom is -0.381 e. The van der Waals surface area contributed by atoms with Gasteiger partial charge >= 0.3 is 0 Å². The van der Waals surface area contributed by atoms with Crippen molar-refractivity contribution < 1.29 is 14.1 Å². The molecule has 6 nitrogen and oxygen atoms in total. The average Bonchev–Trinajstić information content (AvgIpc) is 3.24. The van der Waals surface area contributed by atoms with Gasteiger partial charge in [-0.15, -0.1) is 6.58 Å². The molecule has 0 radical (unpaired) electrons. The minimum atomic E-state index is -0.468. The zero-order valence-corrected chi connectivity index (χ0v) is 13.5. The quantitative estimate of drug-likeness (QED) is 0.775. The highest BCUT2D eigenvalue weighted by atomic mass is 16.5. The molecule has 1 amide bonds. The summed E-state index contributed by atoms with van der Waals surface area (Å²) in [6.07, 6.45) is 5.10. The molecule has 23 heavy (non-hydrogen) atoms. The first-order chi connectivity index (χ1) is 11.2. The number of carbonyl (C=O) groups excluding carboxylic acids is 1. The second-order valence-electron chi connectivity index (χ2n) is 6.51. The number of rotatable bonds is 6. The third kappa shape index (κ3) is 3.64. The molecular weight excluding hydrogens is 294 g/mol. The second kappa shape index (κ2) is 7.27. The van der Waals surface area contributed by atoms with Crippen LogP contribution in [0.15, 0.2) is 23.2 Å². The molecule has 3 rings (SSSR count). The van der Waals surface area contributed by atoms with Crippen LogP contribution in [0.3, 0.4) is 0 Å². The van der Waals surface area contributed by atoms with Crippen molar-refractivity contribution in [3.8, 4) is 0 Å². The maximum atomic E-state index is 12.7. The van der Waals surface area contributed by atoms with Gasteiger partial charge in [0.2, 0.25) is 5.91 Å². The van der Waals surface area contributed by atoms with Gasteiger partial charge in [-0.25, -0.2) is 0 Å². The summed E-state index contributed by atoms with van der Waals surface area (Å²) in [5, 5.41) is 10.5. The third-order valence-electron chi connectivity index (χ3n) is 4.80. The first kappa shape index (κ1) is 16.2. The Hall–Kier alpha value is -1.66. The van der Waals surface area contributed by atoms with E-state index in [0.717, 1.165) is 43.9 Å². The maximum absolute atomic E-state index is 12.7. The molecule has 2 fully saturated rings. The van der Waals surface area contributed by atoms with Gasteiger partial charge in [-0.05, 0) is 25.8 Å². The summed E-state index contributed by atoms with van der Waals surface area (Å²) in [6.45, 7) is 7.26. The molecule has 126 valence electrons. The van der Waals surface area contributed by atoms with Crippen LogP contribution in [0.2, 0.25) is 0 Å². The first-order valence-electron chi connectivity index (χ1n) is 8.37. The van der Waals surface area contributed by atoms with Crippen LogP contribution in [0.4, 0.5) is 0 Å². The number of aromatic nitrogens is 1. The van der Waals surface area contributed by atoms with Crippen LogP contribution < -0.4 is 10.6 Å². The van der Waals surface area contributed by atoms with Crippen LogP contribution in [0.5, 0.6) is 0 Å². The highest BCUT2D eigenvalue weighted by Crippen LogP contribution is 2.33. The molecule has 0 aromatic carbocycles. The first-order valence-corrected chi connectivity index (χ1v) is 8.37. The summed E-state index contributed by atoms with van der Waals surface area (Å²) in [4.78, 5) is 12.7. The molecule has 2 aliphatic heterocycles. The van der Waals surface area contributed by atoms with Gasteiger partial charge in [0.05, 0.1) is 17.7 Å². The molecule has 0 aliphatic carbocycles. The van der Waals surface area contributed by atoms with Crippen LogP contribution in [-0.2, 0) is 16.0 Å². The standard InChI is InChI=1S/C17H25N3O3/c1-2-6-19-16(21)17(5-3-7-18-12-17)10-14-9-15(20-23-14)13-4-8-22-11-13/h2,9,13,18H,1,3-8,10-12H2,(H,19,21)/t13-,17+/m1/s1. The van der Waals surface area contributed by atoms with Gasteiger partial charge in [-0.2, -0.15) is 0 Å². The zero-order chi connectivity index (χ0) is 16.1. The Kier molecular flexibility index (Phi) is 5.13.